The summed E-state index contributed by atoms with van der Waals surface area (Å²) in [5, 5.41) is 3.77. The van der Waals surface area contributed by atoms with Crippen LogP contribution in [-0.2, 0) is 0 Å². The van der Waals surface area contributed by atoms with Gasteiger partial charge < -0.3 is 5.32 Å². The molecule has 0 unspecified atom stereocenters. The van der Waals surface area contributed by atoms with E-state index < -0.39 is 0 Å². The van der Waals surface area contributed by atoms with Gasteiger partial charge in [0.2, 0.25) is 0 Å². The van der Waals surface area contributed by atoms with E-state index >= 15 is 0 Å². The van der Waals surface area contributed by atoms with Crippen molar-refractivity contribution in [1.82, 2.24) is 0 Å². The van der Waals surface area contributed by atoms with Crippen molar-refractivity contribution in [2.75, 3.05) is 5.32 Å². The van der Waals surface area contributed by atoms with Crippen LogP contribution in [0.1, 0.15) is 36.0 Å². The maximum atomic E-state index is 12.5. The van der Waals surface area contributed by atoms with E-state index in [0.29, 0.717) is 5.25 Å². The first-order chi connectivity index (χ1) is 10.7. The van der Waals surface area contributed by atoms with Crippen LogP contribution in [0.25, 0.3) is 0 Å². The predicted octanol–water partition coefficient (Wildman–Crippen LogP) is 5.58. The second kappa shape index (κ2) is 7.51. The summed E-state index contributed by atoms with van der Waals surface area (Å²) in [6, 6.07) is 15.8. The first-order valence-corrected chi connectivity index (χ1v) is 9.51. The Labute approximate surface area is 149 Å². The first-order valence-electron chi connectivity index (χ1n) is 7.55. The minimum atomic E-state index is -0.0375. The molecule has 3 rings (SSSR count). The lowest BCUT2D eigenvalue weighted by molar-refractivity contribution is 0.102. The largest absolute Gasteiger partial charge is 0.321 e. The molecule has 1 fully saturated rings. The molecule has 0 saturated heterocycles. The fourth-order valence-corrected chi connectivity index (χ4v) is 4.66. The molecular formula is C18H18INOS. The van der Waals surface area contributed by atoms with Crippen LogP contribution in [0.3, 0.4) is 0 Å². The number of hydrogen-bond acceptors (Lipinski definition) is 2. The van der Waals surface area contributed by atoms with E-state index in [1.807, 2.05) is 54.2 Å². The third-order valence-electron chi connectivity index (χ3n) is 3.85. The molecule has 1 N–H and O–H groups in total. The van der Waals surface area contributed by atoms with Gasteiger partial charge in [0.1, 0.15) is 0 Å². The number of rotatable bonds is 4. The van der Waals surface area contributed by atoms with Crippen molar-refractivity contribution in [2.24, 2.45) is 0 Å². The molecular weight excluding hydrogens is 405 g/mol. The molecule has 1 saturated carbocycles. The molecule has 0 spiro atoms. The average molecular weight is 423 g/mol. The molecule has 1 aliphatic carbocycles. The monoisotopic (exact) mass is 423 g/mol. The van der Waals surface area contributed by atoms with Crippen molar-refractivity contribution >= 4 is 45.9 Å². The number of carbonyl (C=O) groups excluding carboxylic acids is 1. The molecule has 2 aromatic carbocycles. The molecule has 0 radical (unpaired) electrons. The van der Waals surface area contributed by atoms with Crippen LogP contribution in [0.5, 0.6) is 0 Å². The van der Waals surface area contributed by atoms with Gasteiger partial charge in [0.05, 0.1) is 11.3 Å². The third kappa shape index (κ3) is 3.84. The Bertz CT molecular complexity index is 668. The summed E-state index contributed by atoms with van der Waals surface area (Å²) in [5.74, 6) is -0.0375. The molecule has 2 nitrogen and oxygen atoms in total. The van der Waals surface area contributed by atoms with Gasteiger partial charge in [-0.25, -0.2) is 0 Å². The van der Waals surface area contributed by atoms with Crippen molar-refractivity contribution in [2.45, 2.75) is 35.8 Å². The van der Waals surface area contributed by atoms with E-state index in [1.54, 1.807) is 0 Å². The van der Waals surface area contributed by atoms with Gasteiger partial charge in [-0.15, -0.1) is 11.8 Å². The van der Waals surface area contributed by atoms with Crippen LogP contribution in [0.15, 0.2) is 53.4 Å². The van der Waals surface area contributed by atoms with Crippen LogP contribution in [0, 0.1) is 3.57 Å². The summed E-state index contributed by atoms with van der Waals surface area (Å²) in [6.07, 6.45) is 5.22. The van der Waals surface area contributed by atoms with Crippen molar-refractivity contribution in [3.05, 3.63) is 57.7 Å². The predicted molar refractivity (Wildman–Crippen MR) is 102 cm³/mol. The molecule has 1 aliphatic rings. The normalized spacial score (nSPS) is 15.0. The zero-order valence-corrected chi connectivity index (χ0v) is 15.2. The molecule has 22 heavy (non-hydrogen) atoms. The lowest BCUT2D eigenvalue weighted by Gasteiger charge is -2.14. The van der Waals surface area contributed by atoms with E-state index in [1.165, 1.54) is 30.6 Å². The number of halogens is 1. The Kier molecular flexibility index (Phi) is 5.41. The van der Waals surface area contributed by atoms with E-state index in [4.69, 9.17) is 0 Å². The highest BCUT2D eigenvalue weighted by atomic mass is 127. The first kappa shape index (κ1) is 15.9. The average Bonchev–Trinajstić information content (AvgIpc) is 3.02. The molecule has 2 aromatic rings. The highest BCUT2D eigenvalue weighted by Crippen LogP contribution is 2.38. The van der Waals surface area contributed by atoms with Gasteiger partial charge in [-0.1, -0.05) is 37.1 Å². The smallest absolute Gasteiger partial charge is 0.256 e. The minimum absolute atomic E-state index is 0.0375. The van der Waals surface area contributed by atoms with E-state index in [0.717, 1.165) is 14.8 Å². The number of nitrogens with one attached hydrogen (secondary N) is 1. The molecule has 1 amide bonds. The fourth-order valence-electron chi connectivity index (χ4n) is 2.69. The zero-order valence-electron chi connectivity index (χ0n) is 12.2. The van der Waals surface area contributed by atoms with Gasteiger partial charge in [0.15, 0.2) is 0 Å². The van der Waals surface area contributed by atoms with E-state index in [2.05, 4.69) is 34.0 Å². The SMILES string of the molecule is O=C(Nc1ccccc1SC1CCCC1)c1ccccc1I. The Hall–Kier alpha value is -1.01. The second-order valence-corrected chi connectivity index (χ2v) is 7.96. The van der Waals surface area contributed by atoms with Gasteiger partial charge in [-0.3, -0.25) is 4.79 Å². The molecule has 4 heteroatoms. The second-order valence-electron chi connectivity index (χ2n) is 5.45. The van der Waals surface area contributed by atoms with Gasteiger partial charge in [0.25, 0.3) is 5.91 Å². The van der Waals surface area contributed by atoms with Gasteiger partial charge in [0, 0.05) is 13.7 Å². The van der Waals surface area contributed by atoms with Gasteiger partial charge in [-0.05, 0) is 59.7 Å². The highest BCUT2D eigenvalue weighted by Gasteiger charge is 2.18. The number of thioether (sulfide) groups is 1. The molecule has 0 aromatic heterocycles. The Balaban J connectivity index is 1.77. The van der Waals surface area contributed by atoms with Crippen LogP contribution in [-0.4, -0.2) is 11.2 Å². The molecule has 114 valence electrons. The number of amides is 1. The Morgan fingerprint density at radius 2 is 1.73 bits per heavy atom. The van der Waals surface area contributed by atoms with Crippen molar-refractivity contribution in [3.63, 3.8) is 0 Å². The lowest BCUT2D eigenvalue weighted by Crippen LogP contribution is -2.14. The topological polar surface area (TPSA) is 29.1 Å². The number of anilines is 1. The molecule has 0 atom stereocenters. The fraction of sp³-hybridized carbons (Fsp3) is 0.278. The van der Waals surface area contributed by atoms with Crippen LogP contribution >= 0.6 is 34.4 Å². The van der Waals surface area contributed by atoms with Crippen LogP contribution in [0.4, 0.5) is 5.69 Å². The molecule has 0 aliphatic heterocycles. The maximum Gasteiger partial charge on any atom is 0.256 e. The maximum absolute atomic E-state index is 12.5. The zero-order chi connectivity index (χ0) is 15.4. The van der Waals surface area contributed by atoms with Crippen LogP contribution < -0.4 is 5.32 Å². The summed E-state index contributed by atoms with van der Waals surface area (Å²) in [6.45, 7) is 0. The summed E-state index contributed by atoms with van der Waals surface area (Å²) in [4.78, 5) is 13.7. The summed E-state index contributed by atoms with van der Waals surface area (Å²) >= 11 is 4.10. The van der Waals surface area contributed by atoms with Crippen molar-refractivity contribution in [1.29, 1.82) is 0 Å². The summed E-state index contributed by atoms with van der Waals surface area (Å²) in [5.41, 5.74) is 1.65. The highest BCUT2D eigenvalue weighted by molar-refractivity contribution is 14.1. The van der Waals surface area contributed by atoms with Crippen LogP contribution in [0.2, 0.25) is 0 Å². The van der Waals surface area contributed by atoms with E-state index in [-0.39, 0.29) is 5.91 Å². The summed E-state index contributed by atoms with van der Waals surface area (Å²) < 4.78 is 0.971. The number of benzene rings is 2. The quantitative estimate of drug-likeness (QED) is 0.651. The number of carbonyl (C=O) groups is 1. The van der Waals surface area contributed by atoms with Gasteiger partial charge in [-0.2, -0.15) is 0 Å². The standard InChI is InChI=1S/C18H18INOS/c19-15-10-4-3-9-14(15)18(21)20-16-11-5-6-12-17(16)22-13-7-1-2-8-13/h3-6,9-13H,1-2,7-8H2,(H,20,21). The van der Waals surface area contributed by atoms with Crippen molar-refractivity contribution < 1.29 is 4.79 Å². The number of para-hydroxylation sites is 1. The lowest BCUT2D eigenvalue weighted by atomic mass is 10.2. The van der Waals surface area contributed by atoms with Crippen molar-refractivity contribution in [3.8, 4) is 0 Å². The Morgan fingerprint density at radius 3 is 2.50 bits per heavy atom. The number of hydrogen-bond donors (Lipinski definition) is 1. The summed E-state index contributed by atoms with van der Waals surface area (Å²) in [7, 11) is 0. The van der Waals surface area contributed by atoms with E-state index in [9.17, 15) is 4.79 Å². The van der Waals surface area contributed by atoms with Gasteiger partial charge >= 0.3 is 0 Å². The Morgan fingerprint density at radius 1 is 1.05 bits per heavy atom. The third-order valence-corrected chi connectivity index (χ3v) is 6.20. The minimum Gasteiger partial charge on any atom is -0.321 e. The molecule has 0 bridgehead atoms. The molecule has 0 heterocycles.